The summed E-state index contributed by atoms with van der Waals surface area (Å²) in [4.78, 5) is 11.7. The molecule has 1 amide bonds. The summed E-state index contributed by atoms with van der Waals surface area (Å²) in [6, 6.07) is 5.99. The van der Waals surface area contributed by atoms with Gasteiger partial charge in [-0.3, -0.25) is 4.79 Å². The summed E-state index contributed by atoms with van der Waals surface area (Å²) in [6.07, 6.45) is 0. The molecular weight excluding hydrogens is 327 g/mol. The monoisotopic (exact) mass is 338 g/mol. The molecule has 0 aliphatic heterocycles. The van der Waals surface area contributed by atoms with Crippen LogP contribution in [-0.4, -0.2) is 49.0 Å². The maximum atomic E-state index is 12.2. The number of hydrogen-bond donors (Lipinski definition) is 1. The van der Waals surface area contributed by atoms with Gasteiger partial charge in [-0.05, 0) is 25.5 Å². The van der Waals surface area contributed by atoms with Crippen molar-refractivity contribution in [3.8, 4) is 0 Å². The van der Waals surface area contributed by atoms with E-state index in [1.807, 2.05) is 4.72 Å². The molecule has 0 saturated heterocycles. The minimum absolute atomic E-state index is 0. The Morgan fingerprint density at radius 3 is 2.52 bits per heavy atom. The fourth-order valence-electron chi connectivity index (χ4n) is 1.66. The van der Waals surface area contributed by atoms with E-state index in [0.29, 0.717) is 11.3 Å². The van der Waals surface area contributed by atoms with Gasteiger partial charge in [-0.1, -0.05) is 28.9 Å². The first-order valence-corrected chi connectivity index (χ1v) is 7.43. The predicted molar refractivity (Wildman–Crippen MR) is 79.2 cm³/mol. The molecule has 2 rings (SSSR count). The quantitative estimate of drug-likeness (QED) is 0.855. The molecule has 6 nitrogen and oxygen atoms in total. The van der Waals surface area contributed by atoms with Gasteiger partial charge in [-0.2, -0.15) is 0 Å². The molecule has 0 bridgehead atoms. The van der Waals surface area contributed by atoms with Crippen LogP contribution in [0.4, 0.5) is 0 Å². The van der Waals surface area contributed by atoms with Gasteiger partial charge in [0.1, 0.15) is 10.7 Å². The topological polar surface area (TPSA) is 89.3 Å². The van der Waals surface area contributed by atoms with Crippen LogP contribution in [0.5, 0.6) is 0 Å². The van der Waals surface area contributed by atoms with Gasteiger partial charge < -0.3 is 4.52 Å². The number of halogens is 1. The molecule has 0 spiro atoms. The number of amides is 1. The minimum atomic E-state index is -4.07. The van der Waals surface area contributed by atoms with Crippen LogP contribution in [0.15, 0.2) is 33.7 Å². The van der Waals surface area contributed by atoms with Crippen molar-refractivity contribution in [1.82, 2.24) is 9.88 Å². The average Bonchev–Trinajstić information content (AvgIpc) is 2.74. The summed E-state index contributed by atoms with van der Waals surface area (Å²) >= 11 is 5.88. The molecule has 9 heteroatoms. The van der Waals surface area contributed by atoms with Crippen LogP contribution >= 0.6 is 11.6 Å². The molecule has 1 heterocycles. The van der Waals surface area contributed by atoms with Gasteiger partial charge in [0, 0.05) is 6.07 Å². The Kier molecular flexibility index (Phi) is 6.01. The summed E-state index contributed by atoms with van der Waals surface area (Å²) in [5.41, 5.74) is 0.324. The Labute approximate surface area is 149 Å². The third-order valence-corrected chi connectivity index (χ3v) is 4.48. The van der Waals surface area contributed by atoms with Crippen LogP contribution in [0.2, 0.25) is 5.02 Å². The van der Waals surface area contributed by atoms with Crippen molar-refractivity contribution in [3.63, 3.8) is 0 Å². The van der Waals surface area contributed by atoms with E-state index in [2.05, 4.69) is 5.16 Å². The second-order valence-electron chi connectivity index (χ2n) is 4.14. The number of sulfonamides is 1. The molecule has 0 aliphatic rings. The maximum absolute atomic E-state index is 12.2. The second kappa shape index (κ2) is 6.93. The first-order chi connectivity index (χ1) is 9.31. The number of carbonyl (C=O) groups excluding carboxylic acids is 1. The molecule has 1 N–H and O–H groups in total. The van der Waals surface area contributed by atoms with Crippen LogP contribution in [0.3, 0.4) is 0 Å². The van der Waals surface area contributed by atoms with Gasteiger partial charge in [0.15, 0.2) is 5.69 Å². The molecule has 0 aliphatic carbocycles. The molecular formula is C12H12ClN2NaO4S. The molecule has 21 heavy (non-hydrogen) atoms. The normalized spacial score (nSPS) is 10.8. The van der Waals surface area contributed by atoms with Crippen LogP contribution in [0, 0.1) is 13.8 Å². The molecule has 0 fully saturated rings. The Morgan fingerprint density at radius 2 is 2.00 bits per heavy atom. The summed E-state index contributed by atoms with van der Waals surface area (Å²) < 4.78 is 31.0. The zero-order valence-electron chi connectivity index (χ0n) is 10.7. The van der Waals surface area contributed by atoms with Gasteiger partial charge in [-0.25, -0.2) is 13.1 Å². The van der Waals surface area contributed by atoms with Crippen LogP contribution in [0.25, 0.3) is 0 Å². The van der Waals surface area contributed by atoms with Gasteiger partial charge in [0.05, 0.1) is 5.02 Å². The summed E-state index contributed by atoms with van der Waals surface area (Å²) in [7, 11) is -4.07. The Morgan fingerprint density at radius 1 is 1.33 bits per heavy atom. The molecule has 1 aromatic carbocycles. The Bertz CT molecular complexity index is 753. The van der Waals surface area contributed by atoms with Crippen molar-refractivity contribution in [2.24, 2.45) is 0 Å². The first-order valence-electron chi connectivity index (χ1n) is 5.57. The van der Waals surface area contributed by atoms with Crippen molar-refractivity contribution in [2.45, 2.75) is 18.7 Å². The van der Waals surface area contributed by atoms with Crippen LogP contribution < -0.4 is 4.72 Å². The summed E-state index contributed by atoms with van der Waals surface area (Å²) in [6.45, 7) is 3.18. The molecule has 0 atom stereocenters. The van der Waals surface area contributed by atoms with Gasteiger partial charge in [0.2, 0.25) is 0 Å². The summed E-state index contributed by atoms with van der Waals surface area (Å²) in [5, 5.41) is 3.50. The standard InChI is InChI=1S/C12H11ClN2O4S.Na.H/c1-7-4-3-5-9(13)11(7)20(17,18)15-12(16)10-6-8(2)19-14-10;;/h3-6H,1-2H3,(H,15,16);;. The predicted octanol–water partition coefficient (Wildman–Crippen LogP) is 1.42. The number of aromatic nitrogens is 1. The van der Waals surface area contributed by atoms with E-state index >= 15 is 0 Å². The molecule has 108 valence electrons. The number of benzene rings is 1. The van der Waals surface area contributed by atoms with Gasteiger partial charge in [0.25, 0.3) is 15.9 Å². The van der Waals surface area contributed by atoms with E-state index in [1.54, 1.807) is 26.0 Å². The van der Waals surface area contributed by atoms with Gasteiger partial charge in [-0.15, -0.1) is 0 Å². The number of aryl methyl sites for hydroxylation is 2. The van der Waals surface area contributed by atoms with E-state index in [1.165, 1.54) is 12.1 Å². The van der Waals surface area contributed by atoms with Gasteiger partial charge >= 0.3 is 29.6 Å². The fraction of sp³-hybridized carbons (Fsp3) is 0.167. The van der Waals surface area contributed by atoms with Crippen molar-refractivity contribution in [3.05, 3.63) is 46.3 Å². The number of nitrogens with zero attached hydrogens (tertiary/aromatic N) is 1. The molecule has 0 unspecified atom stereocenters. The van der Waals surface area contributed by atoms with E-state index < -0.39 is 15.9 Å². The average molecular weight is 339 g/mol. The van der Waals surface area contributed by atoms with Crippen molar-refractivity contribution >= 4 is 57.1 Å². The summed E-state index contributed by atoms with van der Waals surface area (Å²) in [5.74, 6) is -0.470. The van der Waals surface area contributed by atoms with E-state index in [9.17, 15) is 13.2 Å². The van der Waals surface area contributed by atoms with Crippen LogP contribution in [-0.2, 0) is 10.0 Å². The number of carbonyl (C=O) groups is 1. The van der Waals surface area contributed by atoms with E-state index in [0.717, 1.165) is 0 Å². The van der Waals surface area contributed by atoms with Crippen LogP contribution in [0.1, 0.15) is 21.8 Å². The molecule has 0 radical (unpaired) electrons. The van der Waals surface area contributed by atoms with E-state index in [4.69, 9.17) is 16.1 Å². The first kappa shape index (κ1) is 18.2. The van der Waals surface area contributed by atoms with Crippen molar-refractivity contribution in [1.29, 1.82) is 0 Å². The Hall–Kier alpha value is -0.860. The zero-order valence-corrected chi connectivity index (χ0v) is 12.2. The fourth-order valence-corrected chi connectivity index (χ4v) is 3.45. The van der Waals surface area contributed by atoms with Crippen molar-refractivity contribution in [2.75, 3.05) is 0 Å². The number of hydrogen-bond acceptors (Lipinski definition) is 5. The third-order valence-electron chi connectivity index (χ3n) is 2.52. The number of nitrogens with one attached hydrogen (secondary N) is 1. The molecule has 1 aromatic heterocycles. The third kappa shape index (κ3) is 4.08. The van der Waals surface area contributed by atoms with Crippen molar-refractivity contribution < 1.29 is 17.7 Å². The SMILES string of the molecule is Cc1cc(C(=O)NS(=O)(=O)c2c(C)cccc2Cl)no1.[NaH]. The number of rotatable bonds is 3. The molecule has 2 aromatic rings. The second-order valence-corrected chi connectivity index (χ2v) is 6.17. The zero-order chi connectivity index (χ0) is 14.9. The molecule has 0 saturated carbocycles. The Balaban J connectivity index is 0.00000220. The van der Waals surface area contributed by atoms with E-state index in [-0.39, 0.29) is 45.2 Å².